The van der Waals surface area contributed by atoms with E-state index in [0.29, 0.717) is 18.2 Å². The average molecular weight is 220 g/mol. The Morgan fingerprint density at radius 1 is 1.62 bits per heavy atom. The van der Waals surface area contributed by atoms with E-state index in [4.69, 9.17) is 4.74 Å². The van der Waals surface area contributed by atoms with Crippen LogP contribution in [-0.2, 0) is 9.53 Å². The van der Waals surface area contributed by atoms with Crippen molar-refractivity contribution in [1.82, 2.24) is 4.98 Å². The maximum atomic E-state index is 11.0. The Balaban J connectivity index is 3.03. The fraction of sp³-hybridized carbons (Fsp3) is 0.333. The van der Waals surface area contributed by atoms with Crippen molar-refractivity contribution < 1.29 is 9.53 Å². The van der Waals surface area contributed by atoms with Gasteiger partial charge in [0, 0.05) is 24.2 Å². The largest absolute Gasteiger partial charge is 0.494 e. The summed E-state index contributed by atoms with van der Waals surface area (Å²) < 4.78 is 5.33. The third-order valence-electron chi connectivity index (χ3n) is 2.12. The van der Waals surface area contributed by atoms with Crippen LogP contribution < -0.4 is 5.32 Å². The summed E-state index contributed by atoms with van der Waals surface area (Å²) in [6, 6.07) is 1.82. The molecule has 0 aliphatic rings. The molecule has 1 amide bonds. The highest BCUT2D eigenvalue weighted by Gasteiger charge is 2.09. The normalized spacial score (nSPS) is 9.69. The van der Waals surface area contributed by atoms with E-state index < -0.39 is 0 Å². The van der Waals surface area contributed by atoms with E-state index in [0.717, 1.165) is 11.1 Å². The highest BCUT2D eigenvalue weighted by molar-refractivity contribution is 5.89. The first-order valence-electron chi connectivity index (χ1n) is 5.11. The molecule has 1 aromatic rings. The number of nitrogens with zero attached hydrogens (tertiary/aromatic N) is 1. The highest BCUT2D eigenvalue weighted by Crippen LogP contribution is 2.22. The minimum Gasteiger partial charge on any atom is -0.494 e. The maximum absolute atomic E-state index is 11.0. The van der Waals surface area contributed by atoms with Crippen LogP contribution in [0, 0.1) is 6.92 Å². The van der Waals surface area contributed by atoms with Gasteiger partial charge < -0.3 is 10.1 Å². The first-order chi connectivity index (χ1) is 7.56. The van der Waals surface area contributed by atoms with E-state index in [9.17, 15) is 4.79 Å². The topological polar surface area (TPSA) is 51.2 Å². The van der Waals surface area contributed by atoms with Crippen LogP contribution >= 0.6 is 0 Å². The Morgan fingerprint density at radius 2 is 2.31 bits per heavy atom. The van der Waals surface area contributed by atoms with E-state index in [1.807, 2.05) is 19.9 Å². The van der Waals surface area contributed by atoms with Gasteiger partial charge in [0.25, 0.3) is 0 Å². The molecule has 4 heteroatoms. The first-order valence-corrected chi connectivity index (χ1v) is 5.11. The number of aromatic nitrogens is 1. The predicted molar refractivity (Wildman–Crippen MR) is 63.9 cm³/mol. The number of nitrogens with one attached hydrogen (secondary N) is 1. The van der Waals surface area contributed by atoms with E-state index in [1.54, 1.807) is 6.20 Å². The van der Waals surface area contributed by atoms with Gasteiger partial charge in [-0.05, 0) is 19.9 Å². The monoisotopic (exact) mass is 220 g/mol. The molecular weight excluding hydrogens is 204 g/mol. The summed E-state index contributed by atoms with van der Waals surface area (Å²) in [5, 5.41) is 2.66. The Hall–Kier alpha value is -1.84. The summed E-state index contributed by atoms with van der Waals surface area (Å²) in [7, 11) is 0. The zero-order chi connectivity index (χ0) is 12.1. The molecule has 16 heavy (non-hydrogen) atoms. The lowest BCUT2D eigenvalue weighted by Crippen LogP contribution is -2.10. The van der Waals surface area contributed by atoms with Gasteiger partial charge in [0.05, 0.1) is 6.61 Å². The van der Waals surface area contributed by atoms with Crippen molar-refractivity contribution in [2.24, 2.45) is 0 Å². The quantitative estimate of drug-likeness (QED) is 0.792. The van der Waals surface area contributed by atoms with Crippen LogP contribution in [0.3, 0.4) is 0 Å². The Bertz CT molecular complexity index is 413. The molecule has 0 saturated carbocycles. The molecule has 4 nitrogen and oxygen atoms in total. The third kappa shape index (κ3) is 2.82. The van der Waals surface area contributed by atoms with Crippen LogP contribution in [0.2, 0.25) is 0 Å². The molecule has 0 bridgehead atoms. The summed E-state index contributed by atoms with van der Waals surface area (Å²) >= 11 is 0. The molecule has 0 aliphatic heterocycles. The molecule has 0 unspecified atom stereocenters. The lowest BCUT2D eigenvalue weighted by atomic mass is 10.1. The van der Waals surface area contributed by atoms with Gasteiger partial charge in [-0.15, -0.1) is 0 Å². The summed E-state index contributed by atoms with van der Waals surface area (Å²) in [5.41, 5.74) is 1.72. The van der Waals surface area contributed by atoms with Crippen LogP contribution in [0.5, 0.6) is 0 Å². The Morgan fingerprint density at radius 3 is 2.88 bits per heavy atom. The lowest BCUT2D eigenvalue weighted by Gasteiger charge is -2.12. The summed E-state index contributed by atoms with van der Waals surface area (Å²) in [6.07, 6.45) is 1.62. The molecule has 0 saturated heterocycles. The molecule has 0 atom stereocenters. The molecule has 1 rings (SSSR count). The molecule has 1 aromatic heterocycles. The second-order valence-electron chi connectivity index (χ2n) is 3.37. The van der Waals surface area contributed by atoms with Crippen LogP contribution in [0.25, 0.3) is 5.76 Å². The minimum atomic E-state index is -0.144. The van der Waals surface area contributed by atoms with Gasteiger partial charge in [0.15, 0.2) is 0 Å². The summed E-state index contributed by atoms with van der Waals surface area (Å²) in [4.78, 5) is 15.1. The number of rotatable bonds is 4. The number of hydrogen-bond donors (Lipinski definition) is 1. The van der Waals surface area contributed by atoms with E-state index in [2.05, 4.69) is 16.9 Å². The first kappa shape index (κ1) is 12.2. The number of pyridine rings is 1. The fourth-order valence-corrected chi connectivity index (χ4v) is 1.38. The molecule has 86 valence electrons. The van der Waals surface area contributed by atoms with Crippen molar-refractivity contribution >= 4 is 17.5 Å². The highest BCUT2D eigenvalue weighted by atomic mass is 16.5. The van der Waals surface area contributed by atoms with Gasteiger partial charge in [0.2, 0.25) is 5.91 Å². The van der Waals surface area contributed by atoms with Crippen molar-refractivity contribution in [3.63, 3.8) is 0 Å². The molecule has 1 heterocycles. The SMILES string of the molecule is C=C(OCC)c1ccnc(NC(C)=O)c1C. The Kier molecular flexibility index (Phi) is 4.05. The summed E-state index contributed by atoms with van der Waals surface area (Å²) in [6.45, 7) is 9.62. The maximum Gasteiger partial charge on any atom is 0.222 e. The average Bonchev–Trinajstić information content (AvgIpc) is 2.21. The van der Waals surface area contributed by atoms with Crippen LogP contribution in [-0.4, -0.2) is 17.5 Å². The number of carbonyl (C=O) groups is 1. The lowest BCUT2D eigenvalue weighted by molar-refractivity contribution is -0.114. The second-order valence-corrected chi connectivity index (χ2v) is 3.37. The molecule has 1 N–H and O–H groups in total. The Labute approximate surface area is 95.3 Å². The van der Waals surface area contributed by atoms with Crippen molar-refractivity contribution in [1.29, 1.82) is 0 Å². The fourth-order valence-electron chi connectivity index (χ4n) is 1.38. The summed E-state index contributed by atoms with van der Waals surface area (Å²) in [5.74, 6) is 0.995. The van der Waals surface area contributed by atoms with Gasteiger partial charge in [0.1, 0.15) is 11.6 Å². The zero-order valence-corrected chi connectivity index (χ0v) is 9.83. The second kappa shape index (κ2) is 5.30. The zero-order valence-electron chi connectivity index (χ0n) is 9.83. The van der Waals surface area contributed by atoms with Crippen molar-refractivity contribution in [3.8, 4) is 0 Å². The van der Waals surface area contributed by atoms with Crippen molar-refractivity contribution in [2.75, 3.05) is 11.9 Å². The number of amides is 1. The molecule has 0 aliphatic carbocycles. The van der Waals surface area contributed by atoms with Gasteiger partial charge in [-0.2, -0.15) is 0 Å². The third-order valence-corrected chi connectivity index (χ3v) is 2.12. The molecule has 0 spiro atoms. The van der Waals surface area contributed by atoms with Gasteiger partial charge >= 0.3 is 0 Å². The molecular formula is C12H16N2O2. The number of ether oxygens (including phenoxy) is 1. The predicted octanol–water partition coefficient (Wildman–Crippen LogP) is 2.36. The minimum absolute atomic E-state index is 0.144. The number of hydrogen-bond acceptors (Lipinski definition) is 3. The van der Waals surface area contributed by atoms with Crippen LogP contribution in [0.1, 0.15) is 25.0 Å². The van der Waals surface area contributed by atoms with E-state index in [-0.39, 0.29) is 5.91 Å². The van der Waals surface area contributed by atoms with E-state index >= 15 is 0 Å². The molecule has 0 aromatic carbocycles. The molecule has 0 fully saturated rings. The van der Waals surface area contributed by atoms with Gasteiger partial charge in [-0.3, -0.25) is 4.79 Å². The number of carbonyl (C=O) groups excluding carboxylic acids is 1. The smallest absolute Gasteiger partial charge is 0.222 e. The van der Waals surface area contributed by atoms with Crippen LogP contribution in [0.4, 0.5) is 5.82 Å². The van der Waals surface area contributed by atoms with Crippen molar-refractivity contribution in [3.05, 3.63) is 30.0 Å². The molecule has 0 radical (unpaired) electrons. The van der Waals surface area contributed by atoms with Crippen LogP contribution in [0.15, 0.2) is 18.8 Å². The van der Waals surface area contributed by atoms with Gasteiger partial charge in [-0.1, -0.05) is 6.58 Å². The van der Waals surface area contributed by atoms with Crippen molar-refractivity contribution in [2.45, 2.75) is 20.8 Å². The standard InChI is InChI=1S/C12H16N2O2/c1-5-16-9(3)11-6-7-13-12(8(11)2)14-10(4)15/h6-7H,3,5H2,1-2,4H3,(H,13,14,15). The van der Waals surface area contributed by atoms with Gasteiger partial charge in [-0.25, -0.2) is 4.98 Å². The van der Waals surface area contributed by atoms with E-state index in [1.165, 1.54) is 6.92 Å². The number of anilines is 1.